The molecule has 0 aliphatic carbocycles. The Balaban J connectivity index is 2.37. The van der Waals surface area contributed by atoms with Gasteiger partial charge in [0.15, 0.2) is 0 Å². The molecule has 3 N–H and O–H groups in total. The third-order valence-electron chi connectivity index (χ3n) is 1.38. The minimum atomic E-state index is -0.720. The summed E-state index contributed by atoms with van der Waals surface area (Å²) in [7, 11) is 0. The Hall–Kier alpha value is -2.12. The Bertz CT molecular complexity index is 290. The van der Waals surface area contributed by atoms with Crippen LogP contribution < -0.4 is 16.1 Å². The van der Waals surface area contributed by atoms with Gasteiger partial charge in [-0.2, -0.15) is 0 Å². The van der Waals surface area contributed by atoms with E-state index in [1.54, 1.807) is 0 Å². The monoisotopic (exact) mass is 200 g/mol. The number of amides is 5. The summed E-state index contributed by atoms with van der Waals surface area (Å²) in [6.45, 7) is -0.386. The van der Waals surface area contributed by atoms with E-state index in [4.69, 9.17) is 0 Å². The van der Waals surface area contributed by atoms with Crippen LogP contribution in [0.15, 0.2) is 0 Å². The van der Waals surface area contributed by atoms with E-state index < -0.39 is 18.0 Å². The highest BCUT2D eigenvalue weighted by Crippen LogP contribution is 1.92. The number of hydrazine groups is 1. The molecule has 0 aromatic heterocycles. The highest BCUT2D eigenvalue weighted by molar-refractivity contribution is 6.02. The molecule has 0 radical (unpaired) electrons. The van der Waals surface area contributed by atoms with Crippen molar-refractivity contribution in [3.8, 4) is 0 Å². The van der Waals surface area contributed by atoms with Crippen molar-refractivity contribution in [3.63, 3.8) is 0 Å². The minimum absolute atomic E-state index is 0.158. The summed E-state index contributed by atoms with van der Waals surface area (Å²) in [6, 6.07) is -1.42. The Labute approximate surface area is 78.6 Å². The molecule has 0 aromatic carbocycles. The van der Waals surface area contributed by atoms with Crippen LogP contribution in [0.3, 0.4) is 0 Å². The van der Waals surface area contributed by atoms with E-state index in [9.17, 15) is 19.2 Å². The van der Waals surface area contributed by atoms with Crippen LogP contribution in [0.1, 0.15) is 0 Å². The second-order valence-electron chi connectivity index (χ2n) is 2.43. The average Bonchev–Trinajstić information content (AvgIpc) is 2.42. The minimum Gasteiger partial charge on any atom is -0.330 e. The predicted octanol–water partition coefficient (Wildman–Crippen LogP) is -2.05. The average molecular weight is 200 g/mol. The Morgan fingerprint density at radius 3 is 2.79 bits per heavy atom. The molecule has 0 bridgehead atoms. The predicted molar refractivity (Wildman–Crippen MR) is 42.8 cm³/mol. The number of hydrogen-bond donors (Lipinski definition) is 3. The molecule has 1 fully saturated rings. The second-order valence-corrected chi connectivity index (χ2v) is 2.43. The molecule has 1 rings (SSSR count). The van der Waals surface area contributed by atoms with Crippen LogP contribution in [-0.2, 0) is 9.59 Å². The molecule has 0 unspecified atom stereocenters. The lowest BCUT2D eigenvalue weighted by Crippen LogP contribution is -2.48. The number of aldehydes is 1. The fourth-order valence-corrected chi connectivity index (χ4v) is 0.828. The van der Waals surface area contributed by atoms with E-state index in [2.05, 4.69) is 10.7 Å². The smallest absolute Gasteiger partial charge is 0.330 e. The molecule has 0 saturated carbocycles. The first kappa shape index (κ1) is 9.96. The van der Waals surface area contributed by atoms with Gasteiger partial charge in [0, 0.05) is 0 Å². The van der Waals surface area contributed by atoms with Gasteiger partial charge in [-0.3, -0.25) is 10.1 Å². The number of carbonyl (C=O) groups is 4. The molecule has 76 valence electrons. The molecule has 1 aliphatic heterocycles. The van der Waals surface area contributed by atoms with Crippen molar-refractivity contribution in [2.45, 2.75) is 0 Å². The van der Waals surface area contributed by atoms with E-state index in [0.717, 1.165) is 5.01 Å². The lowest BCUT2D eigenvalue weighted by atomic mass is 10.6. The summed E-state index contributed by atoms with van der Waals surface area (Å²) in [5.74, 6) is -0.495. The maximum Gasteiger partial charge on any atom is 0.343 e. The molecule has 0 spiro atoms. The standard InChI is InChI=1S/C6H8N4O4/c11-2-1-7-5(13)9-10-3-4(12)8-6(10)14/h2H,1,3H2,(H2,7,9,13)(H,8,12,14). The van der Waals surface area contributed by atoms with Crippen molar-refractivity contribution in [3.05, 3.63) is 0 Å². The SMILES string of the molecule is O=CCNC(=O)NN1CC(=O)NC1=O. The van der Waals surface area contributed by atoms with Gasteiger partial charge in [-0.1, -0.05) is 0 Å². The highest BCUT2D eigenvalue weighted by Gasteiger charge is 2.27. The first-order chi connectivity index (χ1) is 6.63. The number of urea groups is 2. The van der Waals surface area contributed by atoms with Crippen LogP contribution in [0.25, 0.3) is 0 Å². The number of carbonyl (C=O) groups excluding carboxylic acids is 4. The normalized spacial score (nSPS) is 15.0. The first-order valence-electron chi connectivity index (χ1n) is 3.73. The van der Waals surface area contributed by atoms with Gasteiger partial charge in [0.1, 0.15) is 12.8 Å². The van der Waals surface area contributed by atoms with Crippen molar-refractivity contribution < 1.29 is 19.2 Å². The number of nitrogens with zero attached hydrogens (tertiary/aromatic N) is 1. The van der Waals surface area contributed by atoms with Crippen LogP contribution in [0.5, 0.6) is 0 Å². The van der Waals surface area contributed by atoms with Gasteiger partial charge in [-0.05, 0) is 0 Å². The lowest BCUT2D eigenvalue weighted by Gasteiger charge is -2.13. The Morgan fingerprint density at radius 2 is 2.29 bits per heavy atom. The van der Waals surface area contributed by atoms with E-state index in [0.29, 0.717) is 6.29 Å². The molecule has 8 nitrogen and oxygen atoms in total. The summed E-state index contributed by atoms with van der Waals surface area (Å²) in [4.78, 5) is 42.3. The van der Waals surface area contributed by atoms with E-state index >= 15 is 0 Å². The van der Waals surface area contributed by atoms with Crippen LogP contribution in [0.4, 0.5) is 9.59 Å². The number of imide groups is 1. The first-order valence-corrected chi connectivity index (χ1v) is 3.73. The van der Waals surface area contributed by atoms with Crippen molar-refractivity contribution in [2.24, 2.45) is 0 Å². The van der Waals surface area contributed by atoms with Gasteiger partial charge in [0.2, 0.25) is 5.91 Å². The number of rotatable bonds is 3. The van der Waals surface area contributed by atoms with E-state index in [-0.39, 0.29) is 13.1 Å². The third-order valence-corrected chi connectivity index (χ3v) is 1.38. The third kappa shape index (κ3) is 2.44. The zero-order valence-corrected chi connectivity index (χ0v) is 7.07. The molecule has 5 amide bonds. The highest BCUT2D eigenvalue weighted by atomic mass is 16.2. The quantitative estimate of drug-likeness (QED) is 0.360. The van der Waals surface area contributed by atoms with Crippen molar-refractivity contribution in [1.82, 2.24) is 21.1 Å². The van der Waals surface area contributed by atoms with Crippen molar-refractivity contribution >= 4 is 24.3 Å². The van der Waals surface area contributed by atoms with Gasteiger partial charge < -0.3 is 10.1 Å². The van der Waals surface area contributed by atoms with Gasteiger partial charge >= 0.3 is 12.1 Å². The summed E-state index contributed by atoms with van der Waals surface area (Å²) < 4.78 is 0. The Morgan fingerprint density at radius 1 is 1.57 bits per heavy atom. The Kier molecular flexibility index (Phi) is 3.00. The molecule has 1 heterocycles. The van der Waals surface area contributed by atoms with Crippen LogP contribution in [0.2, 0.25) is 0 Å². The van der Waals surface area contributed by atoms with Gasteiger partial charge in [-0.25, -0.2) is 20.0 Å². The topological polar surface area (TPSA) is 108 Å². The molecule has 0 aromatic rings. The summed E-state index contributed by atoms with van der Waals surface area (Å²) in [5.41, 5.74) is 2.09. The van der Waals surface area contributed by atoms with Crippen LogP contribution in [-0.4, -0.2) is 42.4 Å². The summed E-state index contributed by atoms with van der Waals surface area (Å²) in [6.07, 6.45) is 0.495. The lowest BCUT2D eigenvalue weighted by molar-refractivity contribution is -0.118. The van der Waals surface area contributed by atoms with Gasteiger partial charge in [0.25, 0.3) is 0 Å². The van der Waals surface area contributed by atoms with Crippen LogP contribution in [0, 0.1) is 0 Å². The maximum atomic E-state index is 10.9. The zero-order valence-electron chi connectivity index (χ0n) is 7.07. The van der Waals surface area contributed by atoms with Gasteiger partial charge in [-0.15, -0.1) is 0 Å². The molecule has 0 atom stereocenters. The van der Waals surface area contributed by atoms with Crippen LogP contribution >= 0.6 is 0 Å². The molecule has 8 heteroatoms. The van der Waals surface area contributed by atoms with E-state index in [1.807, 2.05) is 5.32 Å². The largest absolute Gasteiger partial charge is 0.343 e. The summed E-state index contributed by atoms with van der Waals surface area (Å²) in [5, 5.41) is 4.92. The molecule has 1 saturated heterocycles. The maximum absolute atomic E-state index is 10.9. The van der Waals surface area contributed by atoms with Crippen molar-refractivity contribution in [2.75, 3.05) is 13.1 Å². The fourth-order valence-electron chi connectivity index (χ4n) is 0.828. The molecular weight excluding hydrogens is 192 g/mol. The summed E-state index contributed by atoms with van der Waals surface area (Å²) >= 11 is 0. The molecular formula is C6H8N4O4. The van der Waals surface area contributed by atoms with Crippen molar-refractivity contribution in [1.29, 1.82) is 0 Å². The number of nitrogens with one attached hydrogen (secondary N) is 3. The second kappa shape index (κ2) is 4.21. The zero-order chi connectivity index (χ0) is 10.6. The van der Waals surface area contributed by atoms with E-state index in [1.165, 1.54) is 0 Å². The molecule has 14 heavy (non-hydrogen) atoms. The fraction of sp³-hybridized carbons (Fsp3) is 0.333. The molecule has 1 aliphatic rings. The number of hydrogen-bond acceptors (Lipinski definition) is 4. The van der Waals surface area contributed by atoms with Gasteiger partial charge in [0.05, 0.1) is 6.54 Å².